The lowest BCUT2D eigenvalue weighted by molar-refractivity contribution is -0.137. The Labute approximate surface area is 178 Å². The van der Waals surface area contributed by atoms with Crippen molar-refractivity contribution in [3.63, 3.8) is 0 Å². The van der Waals surface area contributed by atoms with E-state index in [1.807, 2.05) is 0 Å². The lowest BCUT2D eigenvalue weighted by Crippen LogP contribution is -2.19. The number of carbonyl (C=O) groups excluding carboxylic acids is 1. The van der Waals surface area contributed by atoms with Crippen molar-refractivity contribution in [2.75, 3.05) is 5.32 Å². The van der Waals surface area contributed by atoms with Crippen LogP contribution in [0.25, 0.3) is 0 Å². The molecule has 0 fully saturated rings. The van der Waals surface area contributed by atoms with Crippen LogP contribution in [-0.4, -0.2) is 21.9 Å². The largest absolute Gasteiger partial charge is 0.437 e. The van der Waals surface area contributed by atoms with Gasteiger partial charge >= 0.3 is 12.3 Å². The number of benzene rings is 2. The molecule has 3 N–H and O–H groups in total. The van der Waals surface area contributed by atoms with Crippen molar-refractivity contribution in [2.45, 2.75) is 6.18 Å². The van der Waals surface area contributed by atoms with Crippen molar-refractivity contribution in [2.24, 2.45) is 10.9 Å². The first-order valence-electron chi connectivity index (χ1n) is 8.46. The molecular formula is C19H13ClF3N5O3. The number of amides is 1. The maximum atomic E-state index is 12.9. The second-order valence-corrected chi connectivity index (χ2v) is 6.26. The van der Waals surface area contributed by atoms with E-state index in [0.29, 0.717) is 10.7 Å². The molecule has 0 spiro atoms. The molecule has 1 aromatic heterocycles. The Morgan fingerprint density at radius 2 is 1.81 bits per heavy atom. The van der Waals surface area contributed by atoms with Gasteiger partial charge in [0.25, 0.3) is 0 Å². The number of hydrogen-bond donors (Lipinski definition) is 2. The van der Waals surface area contributed by atoms with Crippen molar-refractivity contribution in [3.05, 3.63) is 77.2 Å². The van der Waals surface area contributed by atoms with E-state index in [0.717, 1.165) is 12.1 Å². The highest BCUT2D eigenvalue weighted by atomic mass is 35.5. The van der Waals surface area contributed by atoms with E-state index >= 15 is 0 Å². The third kappa shape index (κ3) is 6.06. The molecule has 0 saturated carbocycles. The summed E-state index contributed by atoms with van der Waals surface area (Å²) in [6, 6.07) is 10.4. The van der Waals surface area contributed by atoms with Crippen LogP contribution in [0.4, 0.5) is 23.7 Å². The number of nitrogens with two attached hydrogens (primary N) is 1. The van der Waals surface area contributed by atoms with Crippen LogP contribution in [0, 0.1) is 0 Å². The maximum Gasteiger partial charge on any atom is 0.437 e. The zero-order valence-electron chi connectivity index (χ0n) is 15.4. The molecule has 3 rings (SSSR count). The van der Waals surface area contributed by atoms with Crippen LogP contribution >= 0.6 is 11.6 Å². The second-order valence-electron chi connectivity index (χ2n) is 5.82. The molecule has 0 aliphatic rings. The number of ether oxygens (including phenoxy) is 1. The number of amidine groups is 1. The summed E-state index contributed by atoms with van der Waals surface area (Å²) in [7, 11) is 0. The molecule has 0 unspecified atom stereocenters. The van der Waals surface area contributed by atoms with Crippen molar-refractivity contribution in [1.29, 1.82) is 0 Å². The van der Waals surface area contributed by atoms with Crippen LogP contribution in [0.3, 0.4) is 0 Å². The Kier molecular flexibility index (Phi) is 6.55. The van der Waals surface area contributed by atoms with E-state index in [1.54, 1.807) is 24.3 Å². The average molecular weight is 452 g/mol. The van der Waals surface area contributed by atoms with Crippen LogP contribution in [-0.2, 0) is 11.0 Å². The van der Waals surface area contributed by atoms with Gasteiger partial charge in [0, 0.05) is 23.1 Å². The van der Waals surface area contributed by atoms with Gasteiger partial charge in [-0.25, -0.2) is 14.8 Å². The molecule has 0 bridgehead atoms. The number of nitrogens with zero attached hydrogens (tertiary/aromatic N) is 3. The summed E-state index contributed by atoms with van der Waals surface area (Å²) in [5.74, 6) is -0.767. The average Bonchev–Trinajstić information content (AvgIpc) is 2.74. The fourth-order valence-corrected chi connectivity index (χ4v) is 2.36. The van der Waals surface area contributed by atoms with Gasteiger partial charge in [0.05, 0.1) is 5.56 Å². The number of nitrogens with one attached hydrogen (secondary N) is 1. The third-order valence-corrected chi connectivity index (χ3v) is 3.85. The summed E-state index contributed by atoms with van der Waals surface area (Å²) in [6.07, 6.45) is -3.00. The summed E-state index contributed by atoms with van der Waals surface area (Å²) in [5, 5.41) is 6.34. The molecule has 0 saturated heterocycles. The molecule has 0 aliphatic heterocycles. The molecule has 3 aromatic rings. The number of anilines is 1. The van der Waals surface area contributed by atoms with Crippen molar-refractivity contribution < 1.29 is 27.5 Å². The van der Waals surface area contributed by atoms with Gasteiger partial charge in [0.15, 0.2) is 11.5 Å². The van der Waals surface area contributed by atoms with Crippen molar-refractivity contribution in [3.8, 4) is 11.6 Å². The Balaban J connectivity index is 1.73. The van der Waals surface area contributed by atoms with Gasteiger partial charge in [-0.05, 0) is 42.5 Å². The molecule has 0 aliphatic carbocycles. The topological polar surface area (TPSA) is 112 Å². The first kappa shape index (κ1) is 21.8. The van der Waals surface area contributed by atoms with Gasteiger partial charge in [0.1, 0.15) is 5.75 Å². The predicted molar refractivity (Wildman–Crippen MR) is 106 cm³/mol. The zero-order valence-corrected chi connectivity index (χ0v) is 16.2. The highest BCUT2D eigenvalue weighted by molar-refractivity contribution is 6.30. The molecule has 1 amide bonds. The molecule has 8 nitrogen and oxygen atoms in total. The highest BCUT2D eigenvalue weighted by Crippen LogP contribution is 2.32. The Bertz CT molecular complexity index is 1110. The number of rotatable bonds is 5. The summed E-state index contributed by atoms with van der Waals surface area (Å²) >= 11 is 5.76. The third-order valence-electron chi connectivity index (χ3n) is 3.60. The Morgan fingerprint density at radius 3 is 2.52 bits per heavy atom. The van der Waals surface area contributed by atoms with Crippen LogP contribution in [0.5, 0.6) is 11.6 Å². The minimum absolute atomic E-state index is 0.140. The van der Waals surface area contributed by atoms with Crippen LogP contribution in [0.2, 0.25) is 5.02 Å². The predicted octanol–water partition coefficient (Wildman–Crippen LogP) is 4.81. The van der Waals surface area contributed by atoms with Crippen LogP contribution < -0.4 is 15.8 Å². The fraction of sp³-hybridized carbons (Fsp3) is 0.0526. The van der Waals surface area contributed by atoms with E-state index in [1.165, 1.54) is 24.5 Å². The molecule has 12 heteroatoms. The second kappa shape index (κ2) is 9.30. The smallest absolute Gasteiger partial charge is 0.437 e. The molecule has 160 valence electrons. The zero-order chi connectivity index (χ0) is 22.4. The Morgan fingerprint density at radius 1 is 1.10 bits per heavy atom. The van der Waals surface area contributed by atoms with E-state index in [-0.39, 0.29) is 23.2 Å². The normalized spacial score (nSPS) is 11.7. The number of halogens is 4. The maximum absolute atomic E-state index is 12.9. The van der Waals surface area contributed by atoms with Gasteiger partial charge in [-0.15, -0.1) is 0 Å². The summed E-state index contributed by atoms with van der Waals surface area (Å²) in [5.41, 5.74) is 5.13. The van der Waals surface area contributed by atoms with Crippen molar-refractivity contribution in [1.82, 2.24) is 9.97 Å². The summed E-state index contributed by atoms with van der Waals surface area (Å²) in [6.45, 7) is 0. The van der Waals surface area contributed by atoms with Gasteiger partial charge in [-0.2, -0.15) is 13.2 Å². The fourth-order valence-electron chi connectivity index (χ4n) is 2.23. The first-order chi connectivity index (χ1) is 14.7. The lowest BCUT2D eigenvalue weighted by Gasteiger charge is -2.11. The van der Waals surface area contributed by atoms with Crippen molar-refractivity contribution >= 4 is 29.2 Å². The number of alkyl halides is 3. The lowest BCUT2D eigenvalue weighted by atomic mass is 10.2. The monoisotopic (exact) mass is 451 g/mol. The SMILES string of the molecule is N/C(=N\OC(=O)Nc1ccc(Cl)cc1)c1nccnc1Oc1cccc(C(F)(F)F)c1. The first-order valence-corrected chi connectivity index (χ1v) is 8.83. The van der Waals surface area contributed by atoms with Gasteiger partial charge in [-0.1, -0.05) is 22.8 Å². The van der Waals surface area contributed by atoms with E-state index in [9.17, 15) is 18.0 Å². The minimum atomic E-state index is -4.55. The van der Waals surface area contributed by atoms with Gasteiger partial charge in [0.2, 0.25) is 5.88 Å². The quantitative estimate of drug-likeness (QED) is 0.249. The van der Waals surface area contributed by atoms with Gasteiger partial charge in [-0.3, -0.25) is 10.2 Å². The molecule has 1 heterocycles. The summed E-state index contributed by atoms with van der Waals surface area (Å²) in [4.78, 5) is 24.3. The number of oxime groups is 1. The summed E-state index contributed by atoms with van der Waals surface area (Å²) < 4.78 is 44.0. The standard InChI is InChI=1S/C19H13ClF3N5O3/c20-12-4-6-13(7-5-12)27-18(29)31-28-16(24)15-17(26-9-8-25-15)30-14-3-1-2-11(10-14)19(21,22)23/h1-10H,(H2,24,28)(H,27,29). The van der Waals surface area contributed by atoms with E-state index in [2.05, 4.69) is 25.3 Å². The van der Waals surface area contributed by atoms with E-state index in [4.69, 9.17) is 22.1 Å². The minimum Gasteiger partial charge on any atom is -0.437 e. The number of aromatic nitrogens is 2. The molecule has 0 radical (unpaired) electrons. The number of hydrogen-bond acceptors (Lipinski definition) is 6. The highest BCUT2D eigenvalue weighted by Gasteiger charge is 2.30. The van der Waals surface area contributed by atoms with Crippen LogP contribution in [0.1, 0.15) is 11.3 Å². The molecular weight excluding hydrogens is 439 g/mol. The molecule has 31 heavy (non-hydrogen) atoms. The Hall–Kier alpha value is -3.86. The van der Waals surface area contributed by atoms with E-state index < -0.39 is 17.8 Å². The molecule has 2 aromatic carbocycles. The van der Waals surface area contributed by atoms with Crippen LogP contribution in [0.15, 0.2) is 66.1 Å². The van der Waals surface area contributed by atoms with Gasteiger partial charge < -0.3 is 10.5 Å². The number of carbonyl (C=O) groups is 1. The molecule has 0 atom stereocenters.